The van der Waals surface area contributed by atoms with Crippen LogP contribution >= 0.6 is 0 Å². The molecule has 3 N–H and O–H groups in total. The van der Waals surface area contributed by atoms with Crippen LogP contribution in [0.5, 0.6) is 0 Å². The monoisotopic (exact) mass is 569 g/mol. The Kier molecular flexibility index (Phi) is 9.01. The van der Waals surface area contributed by atoms with Gasteiger partial charge in [-0.05, 0) is 38.5 Å². The zero-order valence-electron chi connectivity index (χ0n) is 22.4. The number of benzene rings is 1. The van der Waals surface area contributed by atoms with E-state index in [1.165, 1.54) is 70.4 Å². The van der Waals surface area contributed by atoms with Crippen LogP contribution < -0.4 is 10.6 Å². The minimum absolute atomic E-state index is 0.0963. The average Bonchev–Trinajstić information content (AvgIpc) is 2.91. The van der Waals surface area contributed by atoms with Crippen molar-refractivity contribution in [1.82, 2.24) is 15.6 Å². The van der Waals surface area contributed by atoms with Gasteiger partial charge in [0.15, 0.2) is 0 Å². The molecule has 0 bridgehead atoms. The van der Waals surface area contributed by atoms with E-state index < -0.39 is 45.6 Å². The van der Waals surface area contributed by atoms with Gasteiger partial charge in [-0.3, -0.25) is 24.7 Å². The molecule has 0 saturated carbocycles. The van der Waals surface area contributed by atoms with Crippen molar-refractivity contribution >= 4 is 23.5 Å². The van der Waals surface area contributed by atoms with E-state index in [9.17, 15) is 39.7 Å². The van der Waals surface area contributed by atoms with Crippen LogP contribution in [0.15, 0.2) is 71.3 Å². The summed E-state index contributed by atoms with van der Waals surface area (Å²) < 4.78 is 5.62. The summed E-state index contributed by atoms with van der Waals surface area (Å²) in [6.45, 7) is 5.68. The fourth-order valence-electron chi connectivity index (χ4n) is 4.55. The van der Waals surface area contributed by atoms with Crippen molar-refractivity contribution in [3.8, 4) is 0 Å². The molecule has 0 aliphatic carbocycles. The Labute approximate surface area is 233 Å². The number of carbonyl (C=O) groups excluding carboxylic acids is 2. The number of allylic oxidation sites excluding steroid dienone is 2. The number of nitro benzene ring substituents is 1. The molecular formula is C26H27N5O10. The lowest BCUT2D eigenvalue weighted by atomic mass is 9.80. The lowest BCUT2D eigenvalue weighted by Gasteiger charge is -2.37. The second kappa shape index (κ2) is 12.2. The van der Waals surface area contributed by atoms with Crippen molar-refractivity contribution in [2.75, 3.05) is 0 Å². The molecule has 0 fully saturated rings. The van der Waals surface area contributed by atoms with Crippen LogP contribution in [0.3, 0.4) is 0 Å². The number of carboxylic acid groups (broad SMARTS) is 1. The van der Waals surface area contributed by atoms with Crippen LogP contribution in [0.2, 0.25) is 0 Å². The van der Waals surface area contributed by atoms with Crippen molar-refractivity contribution < 1.29 is 39.1 Å². The van der Waals surface area contributed by atoms with Crippen molar-refractivity contribution in [2.45, 2.75) is 51.9 Å². The summed E-state index contributed by atoms with van der Waals surface area (Å²) in [5, 5.41) is 37.1. The maximum absolute atomic E-state index is 13.8. The Morgan fingerprint density at radius 2 is 1.83 bits per heavy atom. The van der Waals surface area contributed by atoms with Crippen LogP contribution in [0.25, 0.3) is 0 Å². The Morgan fingerprint density at radius 1 is 1.15 bits per heavy atom. The van der Waals surface area contributed by atoms with E-state index in [1.54, 1.807) is 0 Å². The first kappa shape index (κ1) is 30.2. The summed E-state index contributed by atoms with van der Waals surface area (Å²) >= 11 is 0. The number of ether oxygens (including phenoxy) is 1. The maximum Gasteiger partial charge on any atom is 0.339 e. The molecule has 0 radical (unpaired) electrons. The van der Waals surface area contributed by atoms with Crippen LogP contribution in [0.4, 0.5) is 5.69 Å². The van der Waals surface area contributed by atoms with Gasteiger partial charge in [-0.2, -0.15) is 0 Å². The molecule has 41 heavy (non-hydrogen) atoms. The molecule has 15 heteroatoms. The van der Waals surface area contributed by atoms with Crippen molar-refractivity contribution in [1.29, 1.82) is 0 Å². The van der Waals surface area contributed by atoms with Gasteiger partial charge < -0.3 is 20.5 Å². The number of nitro groups is 1. The van der Waals surface area contributed by atoms with Gasteiger partial charge in [0.25, 0.3) is 22.5 Å². The van der Waals surface area contributed by atoms with Gasteiger partial charge in [0.1, 0.15) is 0 Å². The number of amides is 1. The van der Waals surface area contributed by atoms with Gasteiger partial charge in [-0.1, -0.05) is 19.1 Å². The van der Waals surface area contributed by atoms with Gasteiger partial charge in [0.2, 0.25) is 0 Å². The molecule has 0 spiro atoms. The molecule has 2 unspecified atom stereocenters. The fraction of sp³-hybridized carbons (Fsp3) is 0.308. The summed E-state index contributed by atoms with van der Waals surface area (Å²) in [6.07, 6.45) is 2.40. The SMILES string of the molecule is CCC(OC(=O)C1=C(C)NC(C)=C(C(=O)O)[C@H]1c1cccc([N+](=O)[O-])c1)(O[N+](=O)[O-])C(C)NC(=O)c1cccnc1. The Hall–Kier alpha value is -5.34. The maximum atomic E-state index is 13.8. The summed E-state index contributed by atoms with van der Waals surface area (Å²) in [4.78, 5) is 69.9. The standard InChI is InChI=1S/C26H27N5O10/c1-5-26(41-31(38)39,16(4)29-23(32)18-9-7-11-27-13-18)40-25(35)21-15(3)28-14(2)20(24(33)34)22(21)17-8-6-10-19(12-17)30(36)37/h6-13,16,22,28H,5H2,1-4H3,(H,29,32)(H,33,34)/t16?,22-,26?/m1/s1. The minimum atomic E-state index is -2.35. The van der Waals surface area contributed by atoms with E-state index in [0.717, 1.165) is 6.07 Å². The number of non-ortho nitro benzene ring substituents is 1. The molecular weight excluding hydrogens is 542 g/mol. The molecule has 1 aromatic carbocycles. The van der Waals surface area contributed by atoms with Crippen molar-refractivity contribution in [2.24, 2.45) is 0 Å². The largest absolute Gasteiger partial charge is 0.478 e. The highest BCUT2D eigenvalue weighted by atomic mass is 17.0. The minimum Gasteiger partial charge on any atom is -0.478 e. The van der Waals surface area contributed by atoms with Gasteiger partial charge in [0.05, 0.1) is 33.6 Å². The van der Waals surface area contributed by atoms with E-state index in [1.807, 2.05) is 0 Å². The summed E-state index contributed by atoms with van der Waals surface area (Å²) in [6, 6.07) is 6.76. The smallest absolute Gasteiger partial charge is 0.339 e. The number of pyridine rings is 1. The molecule has 216 valence electrons. The van der Waals surface area contributed by atoms with Crippen molar-refractivity contribution in [3.05, 3.63) is 103 Å². The third-order valence-electron chi connectivity index (χ3n) is 6.54. The van der Waals surface area contributed by atoms with Crippen LogP contribution in [-0.2, 0) is 19.2 Å². The van der Waals surface area contributed by atoms with Crippen LogP contribution in [0, 0.1) is 20.2 Å². The molecule has 0 saturated heterocycles. The molecule has 3 atom stereocenters. The number of rotatable bonds is 11. The number of carbonyl (C=O) groups is 3. The molecule has 2 heterocycles. The first-order valence-electron chi connectivity index (χ1n) is 12.2. The number of dihydropyridines is 1. The second-order valence-electron chi connectivity index (χ2n) is 9.10. The number of aromatic nitrogens is 1. The first-order valence-corrected chi connectivity index (χ1v) is 12.2. The highest BCUT2D eigenvalue weighted by Gasteiger charge is 2.47. The van der Waals surface area contributed by atoms with Crippen LogP contribution in [0.1, 0.15) is 56.0 Å². The van der Waals surface area contributed by atoms with Gasteiger partial charge in [0, 0.05) is 42.3 Å². The number of nitrogens with one attached hydrogen (secondary N) is 2. The summed E-state index contributed by atoms with van der Waals surface area (Å²) in [5.74, 6) is -7.00. The Balaban J connectivity index is 2.08. The normalized spacial score (nSPS) is 17.0. The van der Waals surface area contributed by atoms with E-state index in [2.05, 4.69) is 15.6 Å². The highest BCUT2D eigenvalue weighted by molar-refractivity contribution is 5.99. The molecule has 1 aliphatic heterocycles. The topological polar surface area (TPSA) is 213 Å². The Bertz CT molecular complexity index is 1460. The van der Waals surface area contributed by atoms with Gasteiger partial charge in [-0.25, -0.2) is 9.59 Å². The van der Waals surface area contributed by atoms with Crippen molar-refractivity contribution in [3.63, 3.8) is 0 Å². The molecule has 2 aromatic rings. The second-order valence-corrected chi connectivity index (χ2v) is 9.10. The molecule has 15 nitrogen and oxygen atoms in total. The first-order chi connectivity index (χ1) is 19.3. The zero-order chi connectivity index (χ0) is 30.5. The number of nitrogens with zero attached hydrogens (tertiary/aromatic N) is 3. The number of hydrogen-bond donors (Lipinski definition) is 3. The third-order valence-corrected chi connectivity index (χ3v) is 6.54. The predicted molar refractivity (Wildman–Crippen MR) is 140 cm³/mol. The molecule has 1 aliphatic rings. The summed E-state index contributed by atoms with van der Waals surface area (Å²) in [7, 11) is 0. The van der Waals surface area contributed by atoms with E-state index in [4.69, 9.17) is 9.57 Å². The van der Waals surface area contributed by atoms with Gasteiger partial charge >= 0.3 is 11.9 Å². The zero-order valence-corrected chi connectivity index (χ0v) is 22.4. The van der Waals surface area contributed by atoms with E-state index in [0.29, 0.717) is 0 Å². The molecule has 1 amide bonds. The molecule has 1 aromatic heterocycles. The van der Waals surface area contributed by atoms with Crippen LogP contribution in [-0.4, -0.2) is 49.8 Å². The number of esters is 1. The third kappa shape index (κ3) is 6.46. The predicted octanol–water partition coefficient (Wildman–Crippen LogP) is 2.99. The number of carboxylic acids is 1. The van der Waals surface area contributed by atoms with E-state index in [-0.39, 0.29) is 45.8 Å². The quantitative estimate of drug-likeness (QED) is 0.154. The number of aliphatic carboxylic acids is 1. The number of hydrogen-bond acceptors (Lipinski definition) is 11. The average molecular weight is 570 g/mol. The highest BCUT2D eigenvalue weighted by Crippen LogP contribution is 2.40. The lowest BCUT2D eigenvalue weighted by molar-refractivity contribution is -0.795. The lowest BCUT2D eigenvalue weighted by Crippen LogP contribution is -2.56. The summed E-state index contributed by atoms with van der Waals surface area (Å²) in [5.41, 5.74) is -0.374. The Morgan fingerprint density at radius 3 is 2.39 bits per heavy atom. The van der Waals surface area contributed by atoms with Gasteiger partial charge in [-0.15, -0.1) is 10.1 Å². The molecule has 3 rings (SSSR count). The fourth-order valence-corrected chi connectivity index (χ4v) is 4.55. The van der Waals surface area contributed by atoms with E-state index >= 15 is 0 Å².